The van der Waals surface area contributed by atoms with Crippen LogP contribution in [0.4, 0.5) is 0 Å². The molecule has 2 unspecified atom stereocenters. The molecule has 0 bridgehead atoms. The maximum atomic E-state index is 12.0. The number of primary amides is 1. The molecule has 3 fully saturated rings. The molecule has 1 aliphatic heterocycles. The van der Waals surface area contributed by atoms with Crippen LogP contribution in [0.15, 0.2) is 0 Å². The number of likely N-dealkylation sites (tertiary alicyclic amines) is 1. The molecule has 2 N–H and O–H groups in total. The average molecular weight is 250 g/mol. The van der Waals surface area contributed by atoms with E-state index in [1.54, 1.807) is 0 Å². The van der Waals surface area contributed by atoms with Gasteiger partial charge in [-0.2, -0.15) is 0 Å². The van der Waals surface area contributed by atoms with Gasteiger partial charge in [0.05, 0.1) is 5.41 Å². The summed E-state index contributed by atoms with van der Waals surface area (Å²) in [6.07, 6.45) is 11.4. The molecule has 2 saturated carbocycles. The first-order valence-corrected chi connectivity index (χ1v) is 7.79. The van der Waals surface area contributed by atoms with Gasteiger partial charge in [-0.15, -0.1) is 0 Å². The van der Waals surface area contributed by atoms with Crippen LogP contribution in [0.3, 0.4) is 0 Å². The van der Waals surface area contributed by atoms with Gasteiger partial charge >= 0.3 is 0 Å². The van der Waals surface area contributed by atoms with E-state index in [9.17, 15) is 4.79 Å². The van der Waals surface area contributed by atoms with Crippen LogP contribution in [0.25, 0.3) is 0 Å². The third kappa shape index (κ3) is 1.97. The lowest BCUT2D eigenvalue weighted by Gasteiger charge is -2.34. The van der Waals surface area contributed by atoms with Gasteiger partial charge in [0.25, 0.3) is 0 Å². The van der Waals surface area contributed by atoms with Crippen LogP contribution >= 0.6 is 0 Å². The molecule has 1 saturated heterocycles. The summed E-state index contributed by atoms with van der Waals surface area (Å²) in [6, 6.07) is 0.485. The van der Waals surface area contributed by atoms with E-state index < -0.39 is 0 Å². The van der Waals surface area contributed by atoms with Crippen LogP contribution in [-0.2, 0) is 4.79 Å². The highest BCUT2D eigenvalue weighted by atomic mass is 16.1. The van der Waals surface area contributed by atoms with Gasteiger partial charge in [-0.25, -0.2) is 0 Å². The molecule has 18 heavy (non-hydrogen) atoms. The van der Waals surface area contributed by atoms with Gasteiger partial charge in [-0.1, -0.05) is 25.7 Å². The molecule has 2 atom stereocenters. The fourth-order valence-electron chi connectivity index (χ4n) is 4.47. The average Bonchev–Trinajstić information content (AvgIpc) is 3.18. The predicted molar refractivity (Wildman–Crippen MR) is 72.0 cm³/mol. The van der Waals surface area contributed by atoms with Gasteiger partial charge in [0.15, 0.2) is 0 Å². The monoisotopic (exact) mass is 250 g/mol. The van der Waals surface area contributed by atoms with Crippen LogP contribution in [0.2, 0.25) is 0 Å². The highest BCUT2D eigenvalue weighted by molar-refractivity contribution is 5.85. The van der Waals surface area contributed by atoms with E-state index in [1.165, 1.54) is 64.5 Å². The fraction of sp³-hybridized carbons (Fsp3) is 0.933. The summed E-state index contributed by atoms with van der Waals surface area (Å²) >= 11 is 0. The van der Waals surface area contributed by atoms with Crippen molar-refractivity contribution in [3.05, 3.63) is 0 Å². The van der Waals surface area contributed by atoms with Gasteiger partial charge in [0.2, 0.25) is 5.91 Å². The largest absolute Gasteiger partial charge is 0.369 e. The lowest BCUT2D eigenvalue weighted by atomic mass is 9.76. The first kappa shape index (κ1) is 12.5. The summed E-state index contributed by atoms with van der Waals surface area (Å²) in [7, 11) is 0. The normalized spacial score (nSPS) is 38.6. The van der Waals surface area contributed by atoms with E-state index in [0.717, 1.165) is 6.42 Å². The Morgan fingerprint density at radius 2 is 1.61 bits per heavy atom. The molecule has 1 heterocycles. The van der Waals surface area contributed by atoms with Crippen molar-refractivity contribution in [2.45, 2.75) is 63.8 Å². The third-order valence-corrected chi connectivity index (χ3v) is 5.59. The zero-order valence-corrected chi connectivity index (χ0v) is 11.4. The minimum Gasteiger partial charge on any atom is -0.369 e. The topological polar surface area (TPSA) is 46.3 Å². The smallest absolute Gasteiger partial charge is 0.225 e. The Bertz CT molecular complexity index is 318. The first-order chi connectivity index (χ1) is 8.75. The van der Waals surface area contributed by atoms with Gasteiger partial charge in [-0.05, 0) is 51.1 Å². The Kier molecular flexibility index (Phi) is 3.35. The number of hydrogen-bond donors (Lipinski definition) is 1. The van der Waals surface area contributed by atoms with Crippen LogP contribution in [0.5, 0.6) is 0 Å². The summed E-state index contributed by atoms with van der Waals surface area (Å²) in [5.41, 5.74) is 5.65. The van der Waals surface area contributed by atoms with Gasteiger partial charge in [0, 0.05) is 6.04 Å². The van der Waals surface area contributed by atoms with Crippen molar-refractivity contribution in [3.8, 4) is 0 Å². The maximum Gasteiger partial charge on any atom is 0.225 e. The van der Waals surface area contributed by atoms with Crippen molar-refractivity contribution in [2.24, 2.45) is 17.1 Å². The number of carbonyl (C=O) groups excluding carboxylic acids is 1. The van der Waals surface area contributed by atoms with Crippen molar-refractivity contribution in [2.75, 3.05) is 13.1 Å². The first-order valence-electron chi connectivity index (χ1n) is 7.79. The Morgan fingerprint density at radius 3 is 2.22 bits per heavy atom. The van der Waals surface area contributed by atoms with Gasteiger partial charge < -0.3 is 5.73 Å². The molecule has 102 valence electrons. The zero-order valence-electron chi connectivity index (χ0n) is 11.4. The van der Waals surface area contributed by atoms with Crippen LogP contribution in [0.1, 0.15) is 57.8 Å². The minimum absolute atomic E-state index is 0.00928. The molecular formula is C15H26N2O. The number of nitrogens with two attached hydrogens (primary N) is 1. The number of piperidine rings is 1. The SMILES string of the molecule is NC(=O)C1(C2CCCCC2)CC1N1CCCCC1. The summed E-state index contributed by atoms with van der Waals surface area (Å²) in [5.74, 6) is 0.570. The number of nitrogens with zero attached hydrogens (tertiary/aromatic N) is 1. The molecule has 3 nitrogen and oxygen atoms in total. The maximum absolute atomic E-state index is 12.0. The van der Waals surface area contributed by atoms with Crippen LogP contribution in [0, 0.1) is 11.3 Å². The highest BCUT2D eigenvalue weighted by Gasteiger charge is 2.64. The van der Waals surface area contributed by atoms with Gasteiger partial charge in [-0.3, -0.25) is 9.69 Å². The van der Waals surface area contributed by atoms with E-state index in [4.69, 9.17) is 5.73 Å². The lowest BCUT2D eigenvalue weighted by Crippen LogP contribution is -2.42. The third-order valence-electron chi connectivity index (χ3n) is 5.59. The van der Waals surface area contributed by atoms with Crippen LogP contribution in [-0.4, -0.2) is 29.9 Å². The molecule has 0 aromatic carbocycles. The van der Waals surface area contributed by atoms with Crippen LogP contribution < -0.4 is 5.73 Å². The Morgan fingerprint density at radius 1 is 1.00 bits per heavy atom. The molecule has 0 aromatic rings. The van der Waals surface area contributed by atoms with E-state index in [1.807, 2.05) is 0 Å². The molecule has 0 spiro atoms. The number of hydrogen-bond acceptors (Lipinski definition) is 2. The summed E-state index contributed by atoms with van der Waals surface area (Å²) in [6.45, 7) is 2.37. The standard InChI is InChI=1S/C15H26N2O/c16-14(18)15(12-7-3-1-4-8-12)11-13(15)17-9-5-2-6-10-17/h12-13H,1-11H2,(H2,16,18). The molecule has 3 heteroatoms. The molecule has 2 aliphatic carbocycles. The molecule has 1 amide bonds. The number of amides is 1. The van der Waals surface area contributed by atoms with E-state index in [-0.39, 0.29) is 11.3 Å². The van der Waals surface area contributed by atoms with Crippen molar-refractivity contribution < 1.29 is 4.79 Å². The minimum atomic E-state index is -0.141. The van der Waals surface area contributed by atoms with Crippen molar-refractivity contribution in [1.82, 2.24) is 4.90 Å². The number of rotatable bonds is 3. The van der Waals surface area contributed by atoms with Gasteiger partial charge in [0.1, 0.15) is 0 Å². The van der Waals surface area contributed by atoms with Crippen molar-refractivity contribution in [1.29, 1.82) is 0 Å². The molecule has 3 rings (SSSR count). The lowest BCUT2D eigenvalue weighted by molar-refractivity contribution is -0.126. The second-order valence-corrected chi connectivity index (χ2v) is 6.56. The zero-order chi connectivity index (χ0) is 12.6. The summed E-state index contributed by atoms with van der Waals surface area (Å²) in [5, 5.41) is 0. The van der Waals surface area contributed by atoms with E-state index in [0.29, 0.717) is 12.0 Å². The van der Waals surface area contributed by atoms with Crippen molar-refractivity contribution in [3.63, 3.8) is 0 Å². The molecule has 3 aliphatic rings. The fourth-order valence-corrected chi connectivity index (χ4v) is 4.47. The Labute approximate surface area is 110 Å². The summed E-state index contributed by atoms with van der Waals surface area (Å²) < 4.78 is 0. The van der Waals surface area contributed by atoms with E-state index in [2.05, 4.69) is 4.90 Å². The second-order valence-electron chi connectivity index (χ2n) is 6.56. The number of carbonyl (C=O) groups is 1. The Hall–Kier alpha value is -0.570. The van der Waals surface area contributed by atoms with E-state index >= 15 is 0 Å². The van der Waals surface area contributed by atoms with Crippen molar-refractivity contribution >= 4 is 5.91 Å². The second kappa shape index (κ2) is 4.84. The highest BCUT2D eigenvalue weighted by Crippen LogP contribution is 2.58. The quantitative estimate of drug-likeness (QED) is 0.835. The summed E-state index contributed by atoms with van der Waals surface area (Å²) in [4.78, 5) is 14.6. The predicted octanol–water partition coefficient (Wildman–Crippen LogP) is 2.30. The molecule has 0 radical (unpaired) electrons. The molecular weight excluding hydrogens is 224 g/mol. The molecule has 0 aromatic heterocycles. The Balaban J connectivity index is 1.71.